The van der Waals surface area contributed by atoms with E-state index in [0.717, 1.165) is 29.8 Å². The molecule has 3 aromatic carbocycles. The largest absolute Gasteiger partial charge is 0.416 e. The maximum absolute atomic E-state index is 13.3. The zero-order chi connectivity index (χ0) is 23.8. The molecule has 5 nitrogen and oxygen atoms in total. The zero-order valence-electron chi connectivity index (χ0n) is 17.4. The van der Waals surface area contributed by atoms with E-state index in [2.05, 4.69) is 10.6 Å². The lowest BCUT2D eigenvalue weighted by atomic mass is 10.1. The Bertz CT molecular complexity index is 1090. The Morgan fingerprint density at radius 2 is 1.58 bits per heavy atom. The summed E-state index contributed by atoms with van der Waals surface area (Å²) in [5.74, 6) is -0.758. The van der Waals surface area contributed by atoms with Crippen LogP contribution in [0.25, 0.3) is 0 Å². The van der Waals surface area contributed by atoms with Crippen molar-refractivity contribution in [1.82, 2.24) is 5.32 Å². The fraction of sp³-hybridized carbons (Fsp3) is 0.167. The van der Waals surface area contributed by atoms with Gasteiger partial charge < -0.3 is 10.6 Å². The van der Waals surface area contributed by atoms with Gasteiger partial charge in [-0.15, -0.1) is 0 Å². The topological polar surface area (TPSA) is 61.4 Å². The highest BCUT2D eigenvalue weighted by Gasteiger charge is 2.30. The Morgan fingerprint density at radius 3 is 2.24 bits per heavy atom. The number of urea groups is 1. The smallest absolute Gasteiger partial charge is 0.354 e. The van der Waals surface area contributed by atoms with Gasteiger partial charge in [0.2, 0.25) is 5.91 Å². The van der Waals surface area contributed by atoms with Gasteiger partial charge in [-0.05, 0) is 48.0 Å². The van der Waals surface area contributed by atoms with Gasteiger partial charge in [-0.3, -0.25) is 9.69 Å². The molecule has 0 saturated carbocycles. The van der Waals surface area contributed by atoms with Crippen LogP contribution in [0.4, 0.5) is 33.7 Å². The van der Waals surface area contributed by atoms with E-state index in [1.165, 1.54) is 29.2 Å². The molecule has 0 unspecified atom stereocenters. The number of nitrogens with zero attached hydrogens (tertiary/aromatic N) is 1. The summed E-state index contributed by atoms with van der Waals surface area (Å²) in [6.45, 7) is 0.0933. The normalized spacial score (nSPS) is 11.0. The lowest BCUT2D eigenvalue weighted by Gasteiger charge is -2.24. The molecule has 9 heteroatoms. The van der Waals surface area contributed by atoms with Crippen LogP contribution in [-0.2, 0) is 17.4 Å². The third-order valence-corrected chi connectivity index (χ3v) is 4.69. The highest BCUT2D eigenvalue weighted by molar-refractivity contribution is 6.01. The number of anilines is 2. The first-order valence-corrected chi connectivity index (χ1v) is 10.0. The average Bonchev–Trinajstić information content (AvgIpc) is 2.78. The van der Waals surface area contributed by atoms with Gasteiger partial charge in [0, 0.05) is 24.5 Å². The minimum atomic E-state index is -4.56. The molecule has 0 aliphatic rings. The summed E-state index contributed by atoms with van der Waals surface area (Å²) in [7, 11) is 0. The number of nitrogens with one attached hydrogen (secondary N) is 2. The van der Waals surface area contributed by atoms with Crippen LogP contribution in [0, 0.1) is 5.82 Å². The predicted octanol–water partition coefficient (Wildman–Crippen LogP) is 5.24. The summed E-state index contributed by atoms with van der Waals surface area (Å²) in [6.07, 6.45) is -4.39. The van der Waals surface area contributed by atoms with Crippen molar-refractivity contribution < 1.29 is 27.2 Å². The third kappa shape index (κ3) is 7.06. The summed E-state index contributed by atoms with van der Waals surface area (Å²) in [5.41, 5.74) is 0.197. The van der Waals surface area contributed by atoms with E-state index in [-0.39, 0.29) is 31.1 Å². The van der Waals surface area contributed by atoms with E-state index in [9.17, 15) is 27.2 Å². The van der Waals surface area contributed by atoms with Crippen molar-refractivity contribution in [1.29, 1.82) is 0 Å². The SMILES string of the molecule is O=C(Cc1ccccc1)NCCN(C(=O)Nc1cccc(C(F)(F)F)c1)c1ccc(F)cc1. The molecular weight excluding hydrogens is 438 g/mol. The first-order chi connectivity index (χ1) is 15.7. The van der Waals surface area contributed by atoms with Gasteiger partial charge in [-0.2, -0.15) is 13.2 Å². The van der Waals surface area contributed by atoms with Crippen molar-refractivity contribution in [3.05, 3.63) is 95.8 Å². The molecule has 172 valence electrons. The monoisotopic (exact) mass is 459 g/mol. The molecule has 0 aliphatic heterocycles. The highest BCUT2D eigenvalue weighted by Crippen LogP contribution is 2.30. The molecule has 3 aromatic rings. The molecule has 2 N–H and O–H groups in total. The van der Waals surface area contributed by atoms with Crippen LogP contribution in [0.2, 0.25) is 0 Å². The minimum Gasteiger partial charge on any atom is -0.354 e. The molecule has 3 amide bonds. The van der Waals surface area contributed by atoms with Gasteiger partial charge in [0.15, 0.2) is 0 Å². The van der Waals surface area contributed by atoms with Crippen LogP contribution >= 0.6 is 0 Å². The Balaban J connectivity index is 1.68. The Kier molecular flexibility index (Phi) is 7.66. The summed E-state index contributed by atoms with van der Waals surface area (Å²) in [5, 5.41) is 5.13. The third-order valence-electron chi connectivity index (χ3n) is 4.69. The van der Waals surface area contributed by atoms with Gasteiger partial charge in [-0.1, -0.05) is 36.4 Å². The minimum absolute atomic E-state index is 0.0109. The van der Waals surface area contributed by atoms with Crippen LogP contribution in [0.15, 0.2) is 78.9 Å². The number of benzene rings is 3. The molecule has 33 heavy (non-hydrogen) atoms. The van der Waals surface area contributed by atoms with E-state index >= 15 is 0 Å². The molecule has 0 spiro atoms. The number of halogens is 4. The number of carbonyl (C=O) groups is 2. The van der Waals surface area contributed by atoms with Gasteiger partial charge in [-0.25, -0.2) is 9.18 Å². The number of rotatable bonds is 7. The molecule has 3 rings (SSSR count). The molecule has 0 bridgehead atoms. The average molecular weight is 459 g/mol. The number of carbonyl (C=O) groups excluding carboxylic acids is 2. The maximum Gasteiger partial charge on any atom is 0.416 e. The van der Waals surface area contributed by atoms with Crippen molar-refractivity contribution in [2.45, 2.75) is 12.6 Å². The molecule has 0 aliphatic carbocycles. The lowest BCUT2D eigenvalue weighted by molar-refractivity contribution is -0.137. The second-order valence-corrected chi connectivity index (χ2v) is 7.15. The molecular formula is C24H21F4N3O2. The summed E-state index contributed by atoms with van der Waals surface area (Å²) < 4.78 is 52.2. The van der Waals surface area contributed by atoms with E-state index in [1.807, 2.05) is 30.3 Å². The van der Waals surface area contributed by atoms with Gasteiger partial charge >= 0.3 is 12.2 Å². The summed E-state index contributed by atoms with van der Waals surface area (Å²) >= 11 is 0. The first-order valence-electron chi connectivity index (χ1n) is 10.0. The number of hydrogen-bond acceptors (Lipinski definition) is 2. The fourth-order valence-corrected chi connectivity index (χ4v) is 3.08. The summed E-state index contributed by atoms with van der Waals surface area (Å²) in [6, 6.07) is 17.7. The van der Waals surface area contributed by atoms with Crippen LogP contribution in [0.5, 0.6) is 0 Å². The van der Waals surface area contributed by atoms with Gasteiger partial charge in [0.25, 0.3) is 0 Å². The van der Waals surface area contributed by atoms with E-state index in [0.29, 0.717) is 5.69 Å². The van der Waals surface area contributed by atoms with Crippen LogP contribution in [0.3, 0.4) is 0 Å². The zero-order valence-corrected chi connectivity index (χ0v) is 17.4. The van der Waals surface area contributed by atoms with Gasteiger partial charge in [0.05, 0.1) is 12.0 Å². The fourth-order valence-electron chi connectivity index (χ4n) is 3.08. The van der Waals surface area contributed by atoms with Crippen molar-refractivity contribution in [2.75, 3.05) is 23.3 Å². The van der Waals surface area contributed by atoms with E-state index in [4.69, 9.17) is 0 Å². The van der Waals surface area contributed by atoms with Crippen molar-refractivity contribution in [3.63, 3.8) is 0 Å². The number of amides is 3. The van der Waals surface area contributed by atoms with Crippen LogP contribution < -0.4 is 15.5 Å². The molecule has 0 radical (unpaired) electrons. The second-order valence-electron chi connectivity index (χ2n) is 7.15. The second kappa shape index (κ2) is 10.6. The van der Waals surface area contributed by atoms with Crippen molar-refractivity contribution in [2.24, 2.45) is 0 Å². The lowest BCUT2D eigenvalue weighted by Crippen LogP contribution is -2.41. The first kappa shape index (κ1) is 23.8. The predicted molar refractivity (Wildman–Crippen MR) is 117 cm³/mol. The highest BCUT2D eigenvalue weighted by atomic mass is 19.4. The van der Waals surface area contributed by atoms with Crippen LogP contribution in [0.1, 0.15) is 11.1 Å². The molecule has 0 fully saturated rings. The Morgan fingerprint density at radius 1 is 0.879 bits per heavy atom. The number of hydrogen-bond donors (Lipinski definition) is 2. The molecule has 0 aromatic heterocycles. The molecule has 0 atom stereocenters. The Labute approximate surface area is 188 Å². The molecule has 0 heterocycles. The van der Waals surface area contributed by atoms with E-state index in [1.54, 1.807) is 0 Å². The van der Waals surface area contributed by atoms with Crippen molar-refractivity contribution in [3.8, 4) is 0 Å². The van der Waals surface area contributed by atoms with Crippen molar-refractivity contribution >= 4 is 23.3 Å². The quantitative estimate of drug-likeness (QED) is 0.475. The van der Waals surface area contributed by atoms with Crippen LogP contribution in [-0.4, -0.2) is 25.0 Å². The Hall–Kier alpha value is -3.88. The summed E-state index contributed by atoms with van der Waals surface area (Å²) in [4.78, 5) is 26.2. The number of alkyl halides is 3. The standard InChI is InChI=1S/C24H21F4N3O2/c25-19-9-11-21(12-10-19)31(14-13-29-22(32)15-17-5-2-1-3-6-17)23(33)30-20-8-4-7-18(16-20)24(26,27)28/h1-12,16H,13-15H2,(H,29,32)(H,30,33). The van der Waals surface area contributed by atoms with E-state index < -0.39 is 23.6 Å². The molecule has 0 saturated heterocycles. The van der Waals surface area contributed by atoms with Gasteiger partial charge in [0.1, 0.15) is 5.82 Å². The maximum atomic E-state index is 13.3.